The van der Waals surface area contributed by atoms with Gasteiger partial charge in [0.1, 0.15) is 5.75 Å². The number of ether oxygens (including phenoxy) is 1. The molecule has 3 nitrogen and oxygen atoms in total. The minimum Gasteiger partial charge on any atom is -0.497 e. The van der Waals surface area contributed by atoms with E-state index in [4.69, 9.17) is 16.2 Å². The Morgan fingerprint density at radius 1 is 0.889 bits per heavy atom. The van der Waals surface area contributed by atoms with E-state index in [2.05, 4.69) is 11.8 Å². The van der Waals surface area contributed by atoms with Crippen LogP contribution in [-0.2, 0) is 0 Å². The third kappa shape index (κ3) is 2.55. The van der Waals surface area contributed by atoms with Gasteiger partial charge in [-0.25, -0.2) is 0 Å². The van der Waals surface area contributed by atoms with Gasteiger partial charge in [0.25, 0.3) is 0 Å². The molecule has 2 aromatic carbocycles. The van der Waals surface area contributed by atoms with Gasteiger partial charge in [-0.15, -0.1) is 0 Å². The summed E-state index contributed by atoms with van der Waals surface area (Å²) in [6.07, 6.45) is 0. The van der Waals surface area contributed by atoms with Gasteiger partial charge in [-0.2, -0.15) is 0 Å². The van der Waals surface area contributed by atoms with Crippen LogP contribution >= 0.6 is 0 Å². The summed E-state index contributed by atoms with van der Waals surface area (Å²) in [6.45, 7) is 0. The smallest absolute Gasteiger partial charge is 0.120 e. The zero-order chi connectivity index (χ0) is 13.0. The number of nitrogen functional groups attached to an aromatic ring is 2. The van der Waals surface area contributed by atoms with Crippen molar-refractivity contribution in [3.05, 3.63) is 53.6 Å². The molecule has 0 unspecified atom stereocenters. The van der Waals surface area contributed by atoms with Crippen molar-refractivity contribution >= 4 is 11.4 Å². The number of rotatable bonds is 1. The van der Waals surface area contributed by atoms with Gasteiger partial charge in [0, 0.05) is 16.9 Å². The summed E-state index contributed by atoms with van der Waals surface area (Å²) >= 11 is 0. The van der Waals surface area contributed by atoms with Crippen LogP contribution in [0.1, 0.15) is 11.1 Å². The van der Waals surface area contributed by atoms with Gasteiger partial charge < -0.3 is 16.2 Å². The lowest BCUT2D eigenvalue weighted by atomic mass is 10.1. The Balaban J connectivity index is 2.38. The summed E-state index contributed by atoms with van der Waals surface area (Å²) < 4.78 is 5.14. The average molecular weight is 238 g/mol. The molecule has 0 aliphatic heterocycles. The Hall–Kier alpha value is -2.60. The minimum absolute atomic E-state index is 0.623. The van der Waals surface area contributed by atoms with Gasteiger partial charge in [-0.3, -0.25) is 0 Å². The van der Waals surface area contributed by atoms with Crippen molar-refractivity contribution in [3.63, 3.8) is 0 Å². The lowest BCUT2D eigenvalue weighted by Crippen LogP contribution is -1.92. The van der Waals surface area contributed by atoms with E-state index < -0.39 is 0 Å². The average Bonchev–Trinajstić information content (AvgIpc) is 2.39. The van der Waals surface area contributed by atoms with Crippen LogP contribution in [0.4, 0.5) is 11.4 Å². The highest BCUT2D eigenvalue weighted by Crippen LogP contribution is 2.18. The molecule has 0 aliphatic carbocycles. The molecule has 3 heteroatoms. The molecule has 0 fully saturated rings. The van der Waals surface area contributed by atoms with Gasteiger partial charge in [0.2, 0.25) is 0 Å². The van der Waals surface area contributed by atoms with E-state index in [1.54, 1.807) is 19.2 Å². The summed E-state index contributed by atoms with van der Waals surface area (Å²) in [7, 11) is 1.61. The SMILES string of the molecule is COc1ccc(N)c(C#Cc2ccccc2N)c1. The van der Waals surface area contributed by atoms with Gasteiger partial charge in [-0.1, -0.05) is 24.0 Å². The van der Waals surface area contributed by atoms with Crippen LogP contribution in [0.3, 0.4) is 0 Å². The van der Waals surface area contributed by atoms with Gasteiger partial charge in [0.15, 0.2) is 0 Å². The molecule has 0 atom stereocenters. The first-order chi connectivity index (χ1) is 8.70. The summed E-state index contributed by atoms with van der Waals surface area (Å²) in [6, 6.07) is 12.9. The lowest BCUT2D eigenvalue weighted by molar-refractivity contribution is 0.415. The van der Waals surface area contributed by atoms with Crippen molar-refractivity contribution in [2.75, 3.05) is 18.6 Å². The van der Waals surface area contributed by atoms with E-state index in [1.165, 1.54) is 0 Å². The van der Waals surface area contributed by atoms with Crippen LogP contribution in [0.15, 0.2) is 42.5 Å². The van der Waals surface area contributed by atoms with Crippen molar-refractivity contribution in [1.29, 1.82) is 0 Å². The molecular weight excluding hydrogens is 224 g/mol. The third-order valence-corrected chi connectivity index (χ3v) is 2.55. The van der Waals surface area contributed by atoms with Gasteiger partial charge in [-0.05, 0) is 30.3 Å². The topological polar surface area (TPSA) is 61.3 Å². The summed E-state index contributed by atoms with van der Waals surface area (Å²) in [4.78, 5) is 0. The van der Waals surface area contributed by atoms with E-state index in [-0.39, 0.29) is 0 Å². The summed E-state index contributed by atoms with van der Waals surface area (Å²) in [5.41, 5.74) is 14.5. The molecule has 2 aromatic rings. The lowest BCUT2D eigenvalue weighted by Gasteiger charge is -2.02. The first-order valence-electron chi connectivity index (χ1n) is 5.51. The van der Waals surface area contributed by atoms with E-state index in [1.807, 2.05) is 30.3 Å². The zero-order valence-corrected chi connectivity index (χ0v) is 10.1. The number of anilines is 2. The number of hydrogen-bond acceptors (Lipinski definition) is 3. The van der Waals surface area contributed by atoms with E-state index in [0.29, 0.717) is 11.4 Å². The fraction of sp³-hybridized carbons (Fsp3) is 0.0667. The fourth-order valence-electron chi connectivity index (χ4n) is 1.52. The van der Waals surface area contributed by atoms with Crippen molar-refractivity contribution in [3.8, 4) is 17.6 Å². The monoisotopic (exact) mass is 238 g/mol. The molecule has 0 spiro atoms. The normalized spacial score (nSPS) is 9.39. The molecule has 0 bridgehead atoms. The highest BCUT2D eigenvalue weighted by Gasteiger charge is 1.98. The Kier molecular flexibility index (Phi) is 3.40. The van der Waals surface area contributed by atoms with Crippen LogP contribution in [0.25, 0.3) is 0 Å². The maximum Gasteiger partial charge on any atom is 0.120 e. The maximum atomic E-state index is 5.86. The second kappa shape index (κ2) is 5.15. The molecule has 4 N–H and O–H groups in total. The highest BCUT2D eigenvalue weighted by molar-refractivity contribution is 5.62. The number of para-hydroxylation sites is 1. The fourth-order valence-corrected chi connectivity index (χ4v) is 1.52. The molecule has 2 rings (SSSR count). The van der Waals surface area contributed by atoms with Crippen molar-refractivity contribution in [1.82, 2.24) is 0 Å². The molecule has 0 aromatic heterocycles. The third-order valence-electron chi connectivity index (χ3n) is 2.55. The van der Waals surface area contributed by atoms with Crippen LogP contribution < -0.4 is 16.2 Å². The number of hydrogen-bond donors (Lipinski definition) is 2. The molecule has 90 valence electrons. The Labute approximate surface area is 106 Å². The number of nitrogens with two attached hydrogens (primary N) is 2. The highest BCUT2D eigenvalue weighted by atomic mass is 16.5. The first-order valence-corrected chi connectivity index (χ1v) is 5.51. The second-order valence-corrected chi connectivity index (χ2v) is 3.79. The quantitative estimate of drug-likeness (QED) is 0.591. The second-order valence-electron chi connectivity index (χ2n) is 3.79. The van der Waals surface area contributed by atoms with E-state index in [0.717, 1.165) is 16.9 Å². The first kappa shape index (κ1) is 11.9. The molecule has 0 heterocycles. The van der Waals surface area contributed by atoms with Crippen molar-refractivity contribution < 1.29 is 4.74 Å². The summed E-state index contributed by atoms with van der Waals surface area (Å²) in [5, 5.41) is 0. The molecule has 0 aliphatic rings. The van der Waals surface area contributed by atoms with Crippen molar-refractivity contribution in [2.45, 2.75) is 0 Å². The largest absolute Gasteiger partial charge is 0.497 e. The summed E-state index contributed by atoms with van der Waals surface area (Å²) in [5.74, 6) is 6.75. The predicted molar refractivity (Wildman–Crippen MR) is 74.2 cm³/mol. The van der Waals surface area contributed by atoms with Gasteiger partial charge in [0.05, 0.1) is 12.7 Å². The predicted octanol–water partition coefficient (Wildman–Crippen LogP) is 2.26. The van der Waals surface area contributed by atoms with Crippen LogP contribution in [0, 0.1) is 11.8 Å². The molecule has 0 amide bonds. The standard InChI is InChI=1S/C15H14N2O/c1-18-13-8-9-15(17)12(10-13)7-6-11-4-2-3-5-14(11)16/h2-5,8-10H,16-17H2,1H3. The minimum atomic E-state index is 0.623. The van der Waals surface area contributed by atoms with Crippen molar-refractivity contribution in [2.24, 2.45) is 0 Å². The molecule has 18 heavy (non-hydrogen) atoms. The molecule has 0 radical (unpaired) electrons. The van der Waals surface area contributed by atoms with Crippen LogP contribution in [0.5, 0.6) is 5.75 Å². The Morgan fingerprint density at radius 2 is 1.56 bits per heavy atom. The van der Waals surface area contributed by atoms with Gasteiger partial charge >= 0.3 is 0 Å². The zero-order valence-electron chi connectivity index (χ0n) is 10.1. The van der Waals surface area contributed by atoms with E-state index in [9.17, 15) is 0 Å². The number of methoxy groups -OCH3 is 1. The molecule has 0 saturated carbocycles. The van der Waals surface area contributed by atoms with Crippen LogP contribution in [-0.4, -0.2) is 7.11 Å². The molecular formula is C15H14N2O. The Morgan fingerprint density at radius 3 is 2.28 bits per heavy atom. The maximum absolute atomic E-state index is 5.86. The van der Waals surface area contributed by atoms with E-state index >= 15 is 0 Å². The van der Waals surface area contributed by atoms with Crippen LogP contribution in [0.2, 0.25) is 0 Å². The number of benzene rings is 2. The molecule has 0 saturated heterocycles. The Bertz CT molecular complexity index is 624.